The summed E-state index contributed by atoms with van der Waals surface area (Å²) < 4.78 is 0. The van der Waals surface area contributed by atoms with Crippen molar-refractivity contribution >= 4 is 0 Å². The van der Waals surface area contributed by atoms with Crippen LogP contribution < -0.4 is 0 Å². The normalized spacial score (nSPS) is 10.9. The predicted octanol–water partition coefficient (Wildman–Crippen LogP) is 2.07. The lowest BCUT2D eigenvalue weighted by Gasteiger charge is -2.05. The first kappa shape index (κ1) is 9.83. The minimum atomic E-state index is 0.653. The SMILES string of the molecule is CC(C)Cc1cccc(-c2nn[nH]n2)c1. The highest BCUT2D eigenvalue weighted by Crippen LogP contribution is 2.17. The molecule has 2 rings (SSSR count). The number of aromatic nitrogens is 4. The smallest absolute Gasteiger partial charge is 0.177 e. The number of rotatable bonds is 3. The standard InChI is InChI=1S/C11H14N4/c1-8(2)6-9-4-3-5-10(7-9)11-12-14-15-13-11/h3-5,7-8H,6H2,1-2H3,(H,12,13,14,15). The third-order valence-electron chi connectivity index (χ3n) is 2.17. The van der Waals surface area contributed by atoms with Crippen molar-refractivity contribution in [2.45, 2.75) is 20.3 Å². The van der Waals surface area contributed by atoms with Gasteiger partial charge in [0.2, 0.25) is 5.82 Å². The quantitative estimate of drug-likeness (QED) is 0.828. The van der Waals surface area contributed by atoms with E-state index in [1.807, 2.05) is 12.1 Å². The van der Waals surface area contributed by atoms with E-state index in [1.54, 1.807) is 0 Å². The van der Waals surface area contributed by atoms with Gasteiger partial charge in [-0.15, -0.1) is 10.2 Å². The van der Waals surface area contributed by atoms with Crippen LogP contribution in [0.5, 0.6) is 0 Å². The highest BCUT2D eigenvalue weighted by atomic mass is 15.5. The highest BCUT2D eigenvalue weighted by Gasteiger charge is 2.04. The number of hydrogen-bond donors (Lipinski definition) is 1. The van der Waals surface area contributed by atoms with Crippen molar-refractivity contribution in [2.75, 3.05) is 0 Å². The van der Waals surface area contributed by atoms with Gasteiger partial charge in [0.05, 0.1) is 0 Å². The van der Waals surface area contributed by atoms with E-state index < -0.39 is 0 Å². The molecule has 0 amide bonds. The van der Waals surface area contributed by atoms with Gasteiger partial charge in [0.25, 0.3) is 0 Å². The molecule has 4 nitrogen and oxygen atoms in total. The van der Waals surface area contributed by atoms with E-state index in [2.05, 4.69) is 46.6 Å². The van der Waals surface area contributed by atoms with Crippen LogP contribution in [0, 0.1) is 5.92 Å². The average Bonchev–Trinajstić information content (AvgIpc) is 2.69. The Morgan fingerprint density at radius 3 is 2.87 bits per heavy atom. The van der Waals surface area contributed by atoms with Crippen molar-refractivity contribution in [1.29, 1.82) is 0 Å². The maximum absolute atomic E-state index is 3.96. The first-order valence-corrected chi connectivity index (χ1v) is 5.08. The maximum Gasteiger partial charge on any atom is 0.204 e. The fraction of sp³-hybridized carbons (Fsp3) is 0.364. The number of aromatic amines is 1. The second-order valence-corrected chi connectivity index (χ2v) is 4.03. The molecule has 0 unspecified atom stereocenters. The van der Waals surface area contributed by atoms with E-state index in [0.29, 0.717) is 11.7 Å². The van der Waals surface area contributed by atoms with Gasteiger partial charge in [0.15, 0.2) is 0 Å². The minimum absolute atomic E-state index is 0.653. The van der Waals surface area contributed by atoms with Crippen molar-refractivity contribution in [2.24, 2.45) is 5.92 Å². The summed E-state index contributed by atoms with van der Waals surface area (Å²) in [4.78, 5) is 0. The molecule has 4 heteroatoms. The first-order chi connectivity index (χ1) is 7.25. The number of benzene rings is 1. The van der Waals surface area contributed by atoms with Crippen LogP contribution in [0.25, 0.3) is 11.4 Å². The Hall–Kier alpha value is -1.71. The van der Waals surface area contributed by atoms with Gasteiger partial charge >= 0.3 is 0 Å². The largest absolute Gasteiger partial charge is 0.204 e. The van der Waals surface area contributed by atoms with Crippen molar-refractivity contribution in [3.63, 3.8) is 0 Å². The molecule has 78 valence electrons. The maximum atomic E-state index is 3.96. The van der Waals surface area contributed by atoms with Gasteiger partial charge in [-0.25, -0.2) is 0 Å². The molecule has 0 saturated heterocycles. The molecule has 0 saturated carbocycles. The lowest BCUT2D eigenvalue weighted by atomic mass is 10.0. The molecule has 15 heavy (non-hydrogen) atoms. The van der Waals surface area contributed by atoms with E-state index in [0.717, 1.165) is 12.0 Å². The van der Waals surface area contributed by atoms with Gasteiger partial charge in [0.1, 0.15) is 0 Å². The van der Waals surface area contributed by atoms with Gasteiger partial charge in [0, 0.05) is 5.56 Å². The Bertz CT molecular complexity index is 420. The van der Waals surface area contributed by atoms with Crippen molar-refractivity contribution in [1.82, 2.24) is 20.6 Å². The van der Waals surface area contributed by atoms with Crippen LogP contribution in [0.2, 0.25) is 0 Å². The van der Waals surface area contributed by atoms with E-state index in [9.17, 15) is 0 Å². The zero-order valence-corrected chi connectivity index (χ0v) is 8.94. The summed E-state index contributed by atoms with van der Waals surface area (Å²) in [5, 5.41) is 13.9. The number of nitrogens with zero attached hydrogens (tertiary/aromatic N) is 3. The Labute approximate surface area is 88.7 Å². The van der Waals surface area contributed by atoms with Crippen LogP contribution in [0.15, 0.2) is 24.3 Å². The molecule has 0 aliphatic heterocycles. The van der Waals surface area contributed by atoms with Crippen LogP contribution in [0.4, 0.5) is 0 Å². The minimum Gasteiger partial charge on any atom is -0.177 e. The predicted molar refractivity (Wildman–Crippen MR) is 58.2 cm³/mol. The molecule has 0 bridgehead atoms. The van der Waals surface area contributed by atoms with Crippen LogP contribution >= 0.6 is 0 Å². The molecule has 1 aromatic carbocycles. The Balaban J connectivity index is 2.27. The number of H-pyrrole nitrogens is 1. The summed E-state index contributed by atoms with van der Waals surface area (Å²) in [7, 11) is 0. The third-order valence-corrected chi connectivity index (χ3v) is 2.17. The molecule has 2 aromatic rings. The second-order valence-electron chi connectivity index (χ2n) is 4.03. The number of hydrogen-bond acceptors (Lipinski definition) is 3. The zero-order chi connectivity index (χ0) is 10.7. The fourth-order valence-corrected chi connectivity index (χ4v) is 1.59. The molecule has 0 spiro atoms. The summed E-state index contributed by atoms with van der Waals surface area (Å²) >= 11 is 0. The fourth-order valence-electron chi connectivity index (χ4n) is 1.59. The van der Waals surface area contributed by atoms with Crippen LogP contribution in [0.1, 0.15) is 19.4 Å². The van der Waals surface area contributed by atoms with E-state index in [1.165, 1.54) is 5.56 Å². The molecular weight excluding hydrogens is 188 g/mol. The number of tetrazole rings is 1. The van der Waals surface area contributed by atoms with Crippen molar-refractivity contribution in [3.8, 4) is 11.4 Å². The summed E-state index contributed by atoms with van der Waals surface area (Å²) in [6.45, 7) is 4.42. The van der Waals surface area contributed by atoms with Crippen LogP contribution in [0.3, 0.4) is 0 Å². The summed E-state index contributed by atoms with van der Waals surface area (Å²) in [5.74, 6) is 1.31. The monoisotopic (exact) mass is 202 g/mol. The second kappa shape index (κ2) is 4.21. The molecule has 1 aromatic heterocycles. The molecule has 0 aliphatic rings. The summed E-state index contributed by atoms with van der Waals surface area (Å²) in [6, 6.07) is 8.27. The zero-order valence-electron chi connectivity index (χ0n) is 8.94. The van der Waals surface area contributed by atoms with Gasteiger partial charge in [-0.2, -0.15) is 5.21 Å². The van der Waals surface area contributed by atoms with Crippen LogP contribution in [-0.2, 0) is 6.42 Å². The Kier molecular flexibility index (Phi) is 2.76. The third kappa shape index (κ3) is 2.40. The highest BCUT2D eigenvalue weighted by molar-refractivity contribution is 5.54. The van der Waals surface area contributed by atoms with Crippen LogP contribution in [-0.4, -0.2) is 20.6 Å². The van der Waals surface area contributed by atoms with Gasteiger partial charge in [-0.3, -0.25) is 0 Å². The Morgan fingerprint density at radius 2 is 2.20 bits per heavy atom. The van der Waals surface area contributed by atoms with Crippen molar-refractivity contribution in [3.05, 3.63) is 29.8 Å². The summed E-state index contributed by atoms with van der Waals surface area (Å²) in [5.41, 5.74) is 2.33. The van der Waals surface area contributed by atoms with E-state index >= 15 is 0 Å². The summed E-state index contributed by atoms with van der Waals surface area (Å²) in [6.07, 6.45) is 1.08. The molecule has 1 heterocycles. The van der Waals surface area contributed by atoms with Gasteiger partial charge in [-0.05, 0) is 29.2 Å². The first-order valence-electron chi connectivity index (χ1n) is 5.08. The Morgan fingerprint density at radius 1 is 1.33 bits per heavy atom. The van der Waals surface area contributed by atoms with Gasteiger partial charge < -0.3 is 0 Å². The molecule has 1 N–H and O–H groups in total. The topological polar surface area (TPSA) is 54.5 Å². The number of nitrogens with one attached hydrogen (secondary N) is 1. The molecule has 0 aliphatic carbocycles. The van der Waals surface area contributed by atoms with Gasteiger partial charge in [-0.1, -0.05) is 32.0 Å². The lowest BCUT2D eigenvalue weighted by Crippen LogP contribution is -1.94. The molecular formula is C11H14N4. The van der Waals surface area contributed by atoms with E-state index in [4.69, 9.17) is 0 Å². The molecule has 0 atom stereocenters. The average molecular weight is 202 g/mol. The molecule has 0 radical (unpaired) electrons. The molecule has 0 fully saturated rings. The van der Waals surface area contributed by atoms with Crippen molar-refractivity contribution < 1.29 is 0 Å². The lowest BCUT2D eigenvalue weighted by molar-refractivity contribution is 0.647. The van der Waals surface area contributed by atoms with E-state index in [-0.39, 0.29) is 0 Å².